The van der Waals surface area contributed by atoms with E-state index in [1.54, 1.807) is 18.1 Å². The number of carbonyl (C=O) groups excluding carboxylic acids is 1. The van der Waals surface area contributed by atoms with Crippen molar-refractivity contribution in [1.29, 1.82) is 0 Å². The summed E-state index contributed by atoms with van der Waals surface area (Å²) in [4.78, 5) is 14.2. The van der Waals surface area contributed by atoms with Gasteiger partial charge in [-0.25, -0.2) is 13.6 Å². The summed E-state index contributed by atoms with van der Waals surface area (Å²) in [5.74, 6) is 0.615. The third-order valence-corrected chi connectivity index (χ3v) is 5.00. The summed E-state index contributed by atoms with van der Waals surface area (Å²) in [6, 6.07) is 11.9. The van der Waals surface area contributed by atoms with Crippen LogP contribution in [0.3, 0.4) is 0 Å². The van der Waals surface area contributed by atoms with E-state index in [9.17, 15) is 13.2 Å². The molecule has 2 aromatic carbocycles. The monoisotopic (exact) mass is 361 g/mol. The maximum absolute atomic E-state index is 12.5. The minimum atomic E-state index is -3.74. The number of hydrogen-bond acceptors (Lipinski definition) is 5. The van der Waals surface area contributed by atoms with Gasteiger partial charge in [-0.15, -0.1) is 0 Å². The summed E-state index contributed by atoms with van der Waals surface area (Å²) < 4.78 is 28.0. The number of ether oxygens (including phenoxy) is 1. The molecule has 0 atom stereocenters. The SMILES string of the molecule is COc1cccc(NCC(=O)N2CCc3cc(S(N)(=O)=O)ccc32)c1. The quantitative estimate of drug-likeness (QED) is 0.837. The molecular weight excluding hydrogens is 342 g/mol. The molecule has 2 aromatic rings. The fraction of sp³-hybridized carbons (Fsp3) is 0.235. The first-order valence-corrected chi connectivity index (χ1v) is 9.27. The van der Waals surface area contributed by atoms with Gasteiger partial charge in [0.1, 0.15) is 5.75 Å². The summed E-state index contributed by atoms with van der Waals surface area (Å²) in [6.45, 7) is 0.644. The van der Waals surface area contributed by atoms with Gasteiger partial charge in [-0.05, 0) is 42.3 Å². The van der Waals surface area contributed by atoms with Crippen LogP contribution in [-0.2, 0) is 21.2 Å². The minimum Gasteiger partial charge on any atom is -0.497 e. The van der Waals surface area contributed by atoms with Gasteiger partial charge in [-0.2, -0.15) is 0 Å². The Bertz CT molecular complexity index is 912. The van der Waals surface area contributed by atoms with E-state index in [1.807, 2.05) is 24.3 Å². The molecule has 0 aliphatic carbocycles. The third kappa shape index (κ3) is 3.75. The Kier molecular flexibility index (Phi) is 4.65. The first-order chi connectivity index (χ1) is 11.9. The molecule has 1 heterocycles. The highest BCUT2D eigenvalue weighted by molar-refractivity contribution is 7.89. The number of nitrogens with one attached hydrogen (secondary N) is 1. The van der Waals surface area contributed by atoms with Gasteiger partial charge in [0.25, 0.3) is 0 Å². The summed E-state index contributed by atoms with van der Waals surface area (Å²) in [7, 11) is -2.16. The number of benzene rings is 2. The van der Waals surface area contributed by atoms with E-state index in [0.29, 0.717) is 18.7 Å². The lowest BCUT2D eigenvalue weighted by Crippen LogP contribution is -2.34. The molecule has 0 fully saturated rings. The molecule has 3 rings (SSSR count). The average molecular weight is 361 g/mol. The van der Waals surface area contributed by atoms with Crippen LogP contribution in [0.15, 0.2) is 47.4 Å². The molecule has 7 nitrogen and oxygen atoms in total. The Morgan fingerprint density at radius 3 is 2.80 bits per heavy atom. The van der Waals surface area contributed by atoms with Crippen LogP contribution in [0.5, 0.6) is 5.75 Å². The van der Waals surface area contributed by atoms with E-state index in [2.05, 4.69) is 5.32 Å². The van der Waals surface area contributed by atoms with Crippen LogP contribution >= 0.6 is 0 Å². The van der Waals surface area contributed by atoms with Crippen LogP contribution in [0.25, 0.3) is 0 Å². The number of rotatable bonds is 5. The van der Waals surface area contributed by atoms with Gasteiger partial charge >= 0.3 is 0 Å². The van der Waals surface area contributed by atoms with Crippen molar-refractivity contribution in [3.63, 3.8) is 0 Å². The molecule has 0 aromatic heterocycles. The molecule has 8 heteroatoms. The summed E-state index contributed by atoms with van der Waals surface area (Å²) >= 11 is 0. The van der Waals surface area contributed by atoms with E-state index in [-0.39, 0.29) is 17.3 Å². The number of fused-ring (bicyclic) bond motifs is 1. The fourth-order valence-corrected chi connectivity index (χ4v) is 3.38. The maximum Gasteiger partial charge on any atom is 0.246 e. The summed E-state index contributed by atoms with van der Waals surface area (Å²) in [6.07, 6.45) is 0.601. The topological polar surface area (TPSA) is 102 Å². The van der Waals surface area contributed by atoms with Crippen molar-refractivity contribution in [3.8, 4) is 5.75 Å². The van der Waals surface area contributed by atoms with Crippen molar-refractivity contribution in [1.82, 2.24) is 0 Å². The predicted octanol–water partition coefficient (Wildman–Crippen LogP) is 1.34. The number of primary sulfonamides is 1. The molecule has 25 heavy (non-hydrogen) atoms. The largest absolute Gasteiger partial charge is 0.497 e. The van der Waals surface area contributed by atoms with Gasteiger partial charge in [-0.3, -0.25) is 4.79 Å². The van der Waals surface area contributed by atoms with E-state index in [0.717, 1.165) is 16.9 Å². The number of hydrogen-bond donors (Lipinski definition) is 2. The molecule has 0 bridgehead atoms. The fourth-order valence-electron chi connectivity index (χ4n) is 2.82. The van der Waals surface area contributed by atoms with Gasteiger partial charge in [0.05, 0.1) is 18.6 Å². The number of nitrogens with zero attached hydrogens (tertiary/aromatic N) is 1. The van der Waals surface area contributed by atoms with Crippen molar-refractivity contribution in [2.45, 2.75) is 11.3 Å². The van der Waals surface area contributed by atoms with E-state index >= 15 is 0 Å². The van der Waals surface area contributed by atoms with Crippen LogP contribution in [0.2, 0.25) is 0 Å². The van der Waals surface area contributed by atoms with E-state index in [4.69, 9.17) is 9.88 Å². The van der Waals surface area contributed by atoms with Gasteiger partial charge in [0.15, 0.2) is 0 Å². The highest BCUT2D eigenvalue weighted by Crippen LogP contribution is 2.30. The normalized spacial score (nSPS) is 13.4. The molecular formula is C17H19N3O4S. The number of sulfonamides is 1. The van der Waals surface area contributed by atoms with Crippen molar-refractivity contribution in [2.75, 3.05) is 30.4 Å². The zero-order valence-electron chi connectivity index (χ0n) is 13.7. The van der Waals surface area contributed by atoms with Crippen LogP contribution < -0.4 is 20.1 Å². The van der Waals surface area contributed by atoms with Gasteiger partial charge in [0.2, 0.25) is 15.9 Å². The van der Waals surface area contributed by atoms with Gasteiger partial charge in [-0.1, -0.05) is 6.07 Å². The maximum atomic E-state index is 12.5. The highest BCUT2D eigenvalue weighted by atomic mass is 32.2. The number of nitrogens with two attached hydrogens (primary N) is 1. The molecule has 0 spiro atoms. The lowest BCUT2D eigenvalue weighted by molar-refractivity contribution is -0.116. The molecule has 3 N–H and O–H groups in total. The smallest absolute Gasteiger partial charge is 0.246 e. The number of anilines is 2. The molecule has 0 radical (unpaired) electrons. The Morgan fingerprint density at radius 1 is 1.28 bits per heavy atom. The zero-order valence-corrected chi connectivity index (χ0v) is 14.5. The standard InChI is InChI=1S/C17H19N3O4S/c1-24-14-4-2-3-13(10-14)19-11-17(21)20-8-7-12-9-15(25(18,22)23)5-6-16(12)20/h2-6,9-10,19H,7-8,11H2,1H3,(H2,18,22,23). The van der Waals surface area contributed by atoms with Crippen molar-refractivity contribution in [2.24, 2.45) is 5.14 Å². The molecule has 1 aliphatic heterocycles. The van der Waals surface area contributed by atoms with Crippen LogP contribution in [0.1, 0.15) is 5.56 Å². The van der Waals surface area contributed by atoms with Crippen molar-refractivity contribution >= 4 is 27.3 Å². The van der Waals surface area contributed by atoms with Gasteiger partial charge in [0, 0.05) is 24.0 Å². The molecule has 0 saturated heterocycles. The van der Waals surface area contributed by atoms with Crippen LogP contribution in [-0.4, -0.2) is 34.5 Å². The van der Waals surface area contributed by atoms with E-state index in [1.165, 1.54) is 12.1 Å². The van der Waals surface area contributed by atoms with Gasteiger partial charge < -0.3 is 15.0 Å². The average Bonchev–Trinajstić information content (AvgIpc) is 3.02. The number of methoxy groups -OCH3 is 1. The molecule has 0 saturated carbocycles. The second kappa shape index (κ2) is 6.73. The minimum absolute atomic E-state index is 0.0649. The number of amides is 1. The Morgan fingerprint density at radius 2 is 2.08 bits per heavy atom. The lowest BCUT2D eigenvalue weighted by atomic mass is 10.2. The van der Waals surface area contributed by atoms with Crippen molar-refractivity contribution < 1.29 is 17.9 Å². The number of carbonyl (C=O) groups is 1. The first kappa shape index (κ1) is 17.2. The first-order valence-electron chi connectivity index (χ1n) is 7.72. The van der Waals surface area contributed by atoms with Crippen molar-refractivity contribution in [3.05, 3.63) is 48.0 Å². The zero-order chi connectivity index (χ0) is 18.0. The lowest BCUT2D eigenvalue weighted by Gasteiger charge is -2.18. The summed E-state index contributed by atoms with van der Waals surface area (Å²) in [5, 5.41) is 8.23. The Labute approximate surface area is 146 Å². The second-order valence-electron chi connectivity index (χ2n) is 5.72. The van der Waals surface area contributed by atoms with Crippen LogP contribution in [0, 0.1) is 0 Å². The second-order valence-corrected chi connectivity index (χ2v) is 7.28. The third-order valence-electron chi connectivity index (χ3n) is 4.09. The highest BCUT2D eigenvalue weighted by Gasteiger charge is 2.25. The molecule has 1 amide bonds. The van der Waals surface area contributed by atoms with Crippen LogP contribution in [0.4, 0.5) is 11.4 Å². The molecule has 132 valence electrons. The van der Waals surface area contributed by atoms with E-state index < -0.39 is 10.0 Å². The Balaban J connectivity index is 1.71. The molecule has 1 aliphatic rings. The molecule has 0 unspecified atom stereocenters. The summed E-state index contributed by atoms with van der Waals surface area (Å²) in [5.41, 5.74) is 2.32. The predicted molar refractivity (Wildman–Crippen MR) is 95.4 cm³/mol. The Hall–Kier alpha value is -2.58.